The first-order valence-electron chi connectivity index (χ1n) is 7.86. The van der Waals surface area contributed by atoms with Gasteiger partial charge in [-0.3, -0.25) is 9.48 Å². The molecular formula is C16H21N3O3S2. The van der Waals surface area contributed by atoms with Crippen molar-refractivity contribution >= 4 is 27.1 Å². The summed E-state index contributed by atoms with van der Waals surface area (Å²) in [7, 11) is -1.38. The number of sulfone groups is 1. The molecule has 1 amide bonds. The van der Waals surface area contributed by atoms with Gasteiger partial charge in [0.1, 0.15) is 0 Å². The van der Waals surface area contributed by atoms with Gasteiger partial charge < -0.3 is 4.90 Å². The third-order valence-corrected chi connectivity index (χ3v) is 7.21. The summed E-state index contributed by atoms with van der Waals surface area (Å²) in [5, 5.41) is 4.12. The van der Waals surface area contributed by atoms with Crippen LogP contribution in [0.3, 0.4) is 0 Å². The Bertz CT molecular complexity index is 852. The van der Waals surface area contributed by atoms with Crippen molar-refractivity contribution in [1.29, 1.82) is 0 Å². The Labute approximate surface area is 146 Å². The van der Waals surface area contributed by atoms with Crippen molar-refractivity contribution in [2.24, 2.45) is 7.05 Å². The second-order valence-electron chi connectivity index (χ2n) is 6.43. The summed E-state index contributed by atoms with van der Waals surface area (Å²) in [6.07, 6.45) is 3.42. The average molecular weight is 367 g/mol. The van der Waals surface area contributed by atoms with Crippen LogP contribution >= 0.6 is 11.3 Å². The third kappa shape index (κ3) is 3.39. The monoisotopic (exact) mass is 367 g/mol. The number of carbonyl (C=O) groups excluding carboxylic acids is 1. The number of hydrogen-bond donors (Lipinski definition) is 0. The van der Waals surface area contributed by atoms with Crippen LogP contribution < -0.4 is 0 Å². The molecule has 0 unspecified atom stereocenters. The zero-order valence-corrected chi connectivity index (χ0v) is 15.6. The molecule has 3 heterocycles. The van der Waals surface area contributed by atoms with Crippen LogP contribution in [-0.4, -0.2) is 47.1 Å². The smallest absolute Gasteiger partial charge is 0.264 e. The van der Waals surface area contributed by atoms with Crippen molar-refractivity contribution in [3.8, 4) is 0 Å². The third-order valence-electron chi connectivity index (χ3n) is 4.21. The lowest BCUT2D eigenvalue weighted by Gasteiger charge is -2.34. The lowest BCUT2D eigenvalue weighted by Crippen LogP contribution is -2.45. The highest BCUT2D eigenvalue weighted by atomic mass is 32.2. The minimum Gasteiger partial charge on any atom is -0.329 e. The molecule has 1 aliphatic rings. The molecule has 0 aromatic carbocycles. The van der Waals surface area contributed by atoms with Crippen LogP contribution in [0.2, 0.25) is 0 Å². The molecule has 24 heavy (non-hydrogen) atoms. The van der Waals surface area contributed by atoms with E-state index < -0.39 is 15.9 Å². The molecule has 1 fully saturated rings. The lowest BCUT2D eigenvalue weighted by molar-refractivity contribution is 0.0702. The molecule has 0 bridgehead atoms. The summed E-state index contributed by atoms with van der Waals surface area (Å²) in [5.41, 5.74) is 0.759. The number of aryl methyl sites for hydroxylation is 1. The molecule has 1 atom stereocenters. The zero-order chi connectivity index (χ0) is 17.5. The van der Waals surface area contributed by atoms with E-state index in [0.29, 0.717) is 10.8 Å². The lowest BCUT2D eigenvalue weighted by atomic mass is 10.1. The van der Waals surface area contributed by atoms with Gasteiger partial charge in [0.05, 0.1) is 28.6 Å². The first-order valence-corrected chi connectivity index (χ1v) is 10.5. The predicted octanol–water partition coefficient (Wildman–Crippen LogP) is 2.22. The average Bonchev–Trinajstić information content (AvgIpc) is 3.14. The SMILES string of the molecule is CC(C)c1ccc(C(=O)N2CCS(=O)(=O)C[C@@H]2c2cnn(C)c2)s1. The maximum atomic E-state index is 13.0. The van der Waals surface area contributed by atoms with Gasteiger partial charge in [-0.15, -0.1) is 11.3 Å². The van der Waals surface area contributed by atoms with Crippen molar-refractivity contribution in [3.63, 3.8) is 0 Å². The Balaban J connectivity index is 1.92. The van der Waals surface area contributed by atoms with Crippen LogP contribution in [-0.2, 0) is 16.9 Å². The van der Waals surface area contributed by atoms with Crippen molar-refractivity contribution in [1.82, 2.24) is 14.7 Å². The van der Waals surface area contributed by atoms with Gasteiger partial charge in [0.25, 0.3) is 5.91 Å². The number of carbonyl (C=O) groups is 1. The molecule has 2 aromatic rings. The van der Waals surface area contributed by atoms with Crippen LogP contribution in [0.25, 0.3) is 0 Å². The van der Waals surface area contributed by atoms with E-state index in [2.05, 4.69) is 18.9 Å². The molecule has 0 radical (unpaired) electrons. The highest BCUT2D eigenvalue weighted by Crippen LogP contribution is 2.31. The molecule has 0 aliphatic carbocycles. The van der Waals surface area contributed by atoms with Crippen LogP contribution in [0, 0.1) is 0 Å². The molecule has 0 spiro atoms. The van der Waals surface area contributed by atoms with Crippen molar-refractivity contribution < 1.29 is 13.2 Å². The Morgan fingerprint density at radius 1 is 1.38 bits per heavy atom. The molecule has 8 heteroatoms. The number of aromatic nitrogens is 2. The quantitative estimate of drug-likeness (QED) is 0.834. The van der Waals surface area contributed by atoms with Gasteiger partial charge >= 0.3 is 0 Å². The molecule has 3 rings (SSSR count). The highest BCUT2D eigenvalue weighted by Gasteiger charge is 2.36. The Kier molecular flexibility index (Phi) is 4.52. The van der Waals surface area contributed by atoms with Gasteiger partial charge in [-0.2, -0.15) is 5.10 Å². The normalized spacial score (nSPS) is 20.5. The van der Waals surface area contributed by atoms with Gasteiger partial charge in [-0.25, -0.2) is 8.42 Å². The van der Waals surface area contributed by atoms with Crippen LogP contribution in [0.15, 0.2) is 24.5 Å². The van der Waals surface area contributed by atoms with Crippen LogP contribution in [0.1, 0.15) is 45.9 Å². The minimum absolute atomic E-state index is 0.0118. The fourth-order valence-corrected chi connectivity index (χ4v) is 5.32. The maximum absolute atomic E-state index is 13.0. The van der Waals surface area contributed by atoms with E-state index in [1.54, 1.807) is 29.0 Å². The van der Waals surface area contributed by atoms with Crippen molar-refractivity contribution in [2.45, 2.75) is 25.8 Å². The second-order valence-corrected chi connectivity index (χ2v) is 9.78. The van der Waals surface area contributed by atoms with Crippen molar-refractivity contribution in [3.05, 3.63) is 39.8 Å². The maximum Gasteiger partial charge on any atom is 0.264 e. The first-order chi connectivity index (χ1) is 11.3. The summed E-state index contributed by atoms with van der Waals surface area (Å²) < 4.78 is 25.8. The van der Waals surface area contributed by atoms with E-state index in [4.69, 9.17) is 0 Å². The molecule has 0 N–H and O–H groups in total. The number of rotatable bonds is 3. The van der Waals surface area contributed by atoms with Gasteiger partial charge in [0.2, 0.25) is 0 Å². The van der Waals surface area contributed by atoms with Gasteiger partial charge in [0, 0.05) is 30.2 Å². The molecule has 6 nitrogen and oxygen atoms in total. The predicted molar refractivity (Wildman–Crippen MR) is 94.0 cm³/mol. The summed E-state index contributed by atoms with van der Waals surface area (Å²) in [5.74, 6) is 0.230. The van der Waals surface area contributed by atoms with Gasteiger partial charge in [-0.1, -0.05) is 13.8 Å². The van der Waals surface area contributed by atoms with Crippen LogP contribution in [0.4, 0.5) is 0 Å². The Morgan fingerprint density at radius 2 is 2.12 bits per heavy atom. The van der Waals surface area contributed by atoms with E-state index in [-0.39, 0.29) is 24.0 Å². The topological polar surface area (TPSA) is 72.3 Å². The summed E-state index contributed by atoms with van der Waals surface area (Å²) in [6.45, 7) is 4.40. The van der Waals surface area contributed by atoms with Gasteiger partial charge in [-0.05, 0) is 18.1 Å². The number of amides is 1. The fourth-order valence-electron chi connectivity index (χ4n) is 2.86. The largest absolute Gasteiger partial charge is 0.329 e. The fraction of sp³-hybridized carbons (Fsp3) is 0.500. The standard InChI is InChI=1S/C16H21N3O3S2/c1-11(2)14-4-5-15(23-14)16(20)19-6-7-24(21,22)10-13(19)12-8-17-18(3)9-12/h4-5,8-9,11,13H,6-7,10H2,1-3H3/t13-/m1/s1. The Morgan fingerprint density at radius 3 is 2.71 bits per heavy atom. The van der Waals surface area contributed by atoms with Crippen LogP contribution in [0.5, 0.6) is 0 Å². The first kappa shape index (κ1) is 17.2. The Hall–Kier alpha value is -1.67. The summed E-state index contributed by atoms with van der Waals surface area (Å²) in [4.78, 5) is 16.4. The number of nitrogens with zero attached hydrogens (tertiary/aromatic N) is 3. The number of hydrogen-bond acceptors (Lipinski definition) is 5. The molecule has 1 saturated heterocycles. The summed E-state index contributed by atoms with van der Waals surface area (Å²) >= 11 is 1.48. The summed E-state index contributed by atoms with van der Waals surface area (Å²) in [6, 6.07) is 3.34. The van der Waals surface area contributed by atoms with E-state index >= 15 is 0 Å². The second kappa shape index (κ2) is 6.33. The molecule has 130 valence electrons. The molecule has 2 aromatic heterocycles. The molecule has 0 saturated carbocycles. The van der Waals surface area contributed by atoms with Gasteiger partial charge in [0.15, 0.2) is 9.84 Å². The van der Waals surface area contributed by atoms with E-state index in [1.165, 1.54) is 11.3 Å². The van der Waals surface area contributed by atoms with E-state index in [0.717, 1.165) is 10.4 Å². The number of thiophene rings is 1. The minimum atomic E-state index is -3.16. The molecule has 1 aliphatic heterocycles. The van der Waals surface area contributed by atoms with Crippen molar-refractivity contribution in [2.75, 3.05) is 18.1 Å². The van der Waals surface area contributed by atoms with E-state index in [1.807, 2.05) is 12.1 Å². The highest BCUT2D eigenvalue weighted by molar-refractivity contribution is 7.91. The zero-order valence-electron chi connectivity index (χ0n) is 14.0. The van der Waals surface area contributed by atoms with E-state index in [9.17, 15) is 13.2 Å². The molecular weight excluding hydrogens is 346 g/mol.